The minimum Gasteiger partial charge on any atom is -0.349 e. The van der Waals surface area contributed by atoms with Crippen molar-refractivity contribution in [1.82, 2.24) is 15.6 Å². The number of aromatic nitrogens is 1. The van der Waals surface area contributed by atoms with Gasteiger partial charge in [0.15, 0.2) is 0 Å². The molecule has 0 spiro atoms. The van der Waals surface area contributed by atoms with E-state index in [1.165, 1.54) is 0 Å². The quantitative estimate of drug-likeness (QED) is 0.826. The highest BCUT2D eigenvalue weighted by atomic mass is 35.5. The Hall–Kier alpha value is -1.13. The Bertz CT molecular complexity index is 325. The van der Waals surface area contributed by atoms with E-state index in [4.69, 9.17) is 0 Å². The molecule has 0 aromatic carbocycles. The maximum Gasteiger partial charge on any atom is 0.237 e. The van der Waals surface area contributed by atoms with Crippen molar-refractivity contribution < 1.29 is 4.79 Å². The molecule has 1 aromatic rings. The summed E-state index contributed by atoms with van der Waals surface area (Å²) >= 11 is 0. The molecular formula is C11H16ClN3O. The largest absolute Gasteiger partial charge is 0.349 e. The van der Waals surface area contributed by atoms with Gasteiger partial charge in [-0.15, -0.1) is 12.4 Å². The SMILES string of the molecule is Cl.O=C(NCc1ccccn1)C1CCCN1. The van der Waals surface area contributed by atoms with Gasteiger partial charge in [0.2, 0.25) is 5.91 Å². The molecule has 1 aliphatic heterocycles. The molecule has 1 aliphatic rings. The van der Waals surface area contributed by atoms with Crippen LogP contribution < -0.4 is 10.6 Å². The zero-order valence-corrected chi connectivity index (χ0v) is 9.80. The van der Waals surface area contributed by atoms with Gasteiger partial charge in [-0.25, -0.2) is 0 Å². The van der Waals surface area contributed by atoms with E-state index in [0.29, 0.717) is 6.54 Å². The summed E-state index contributed by atoms with van der Waals surface area (Å²) in [6.45, 7) is 1.46. The first-order chi connectivity index (χ1) is 7.36. The number of amides is 1. The zero-order chi connectivity index (χ0) is 10.5. The van der Waals surface area contributed by atoms with Crippen molar-refractivity contribution in [3.05, 3.63) is 30.1 Å². The molecule has 1 aromatic heterocycles. The topological polar surface area (TPSA) is 54.0 Å². The number of rotatable bonds is 3. The van der Waals surface area contributed by atoms with Crippen molar-refractivity contribution in [2.75, 3.05) is 6.54 Å². The van der Waals surface area contributed by atoms with Crippen molar-refractivity contribution >= 4 is 18.3 Å². The lowest BCUT2D eigenvalue weighted by molar-refractivity contribution is -0.122. The van der Waals surface area contributed by atoms with Crippen LogP contribution in [0.4, 0.5) is 0 Å². The van der Waals surface area contributed by atoms with Crippen LogP contribution in [-0.4, -0.2) is 23.5 Å². The van der Waals surface area contributed by atoms with Gasteiger partial charge in [-0.3, -0.25) is 9.78 Å². The summed E-state index contributed by atoms with van der Waals surface area (Å²) in [6.07, 6.45) is 3.75. The van der Waals surface area contributed by atoms with Crippen LogP contribution in [0.3, 0.4) is 0 Å². The molecule has 0 saturated carbocycles. The number of nitrogens with zero attached hydrogens (tertiary/aromatic N) is 1. The second kappa shape index (κ2) is 6.45. The number of pyridine rings is 1. The van der Waals surface area contributed by atoms with Crippen molar-refractivity contribution in [3.63, 3.8) is 0 Å². The third kappa shape index (κ3) is 3.47. The van der Waals surface area contributed by atoms with Crippen molar-refractivity contribution in [1.29, 1.82) is 0 Å². The molecule has 4 nitrogen and oxygen atoms in total. The maximum absolute atomic E-state index is 11.6. The van der Waals surface area contributed by atoms with Crippen LogP contribution in [0.25, 0.3) is 0 Å². The molecule has 0 bridgehead atoms. The predicted octanol–water partition coefficient (Wildman–Crippen LogP) is 0.872. The molecule has 1 amide bonds. The van der Waals surface area contributed by atoms with E-state index in [1.807, 2.05) is 18.2 Å². The fourth-order valence-corrected chi connectivity index (χ4v) is 1.71. The van der Waals surface area contributed by atoms with Gasteiger partial charge in [0.1, 0.15) is 0 Å². The molecule has 16 heavy (non-hydrogen) atoms. The molecule has 1 atom stereocenters. The molecule has 2 heterocycles. The van der Waals surface area contributed by atoms with Crippen LogP contribution in [-0.2, 0) is 11.3 Å². The maximum atomic E-state index is 11.6. The summed E-state index contributed by atoms with van der Waals surface area (Å²) in [6, 6.07) is 5.68. The standard InChI is InChI=1S/C11H15N3O.ClH/c15-11(10-5-3-7-13-10)14-8-9-4-1-2-6-12-9;/h1-2,4,6,10,13H,3,5,7-8H2,(H,14,15);1H. The van der Waals surface area contributed by atoms with Gasteiger partial charge in [0.25, 0.3) is 0 Å². The second-order valence-corrected chi connectivity index (χ2v) is 3.69. The van der Waals surface area contributed by atoms with Gasteiger partial charge in [0, 0.05) is 6.20 Å². The average molecular weight is 242 g/mol. The number of halogens is 1. The average Bonchev–Trinajstić information content (AvgIpc) is 2.81. The van der Waals surface area contributed by atoms with E-state index in [1.54, 1.807) is 6.20 Å². The first-order valence-corrected chi connectivity index (χ1v) is 5.27. The van der Waals surface area contributed by atoms with Crippen molar-refractivity contribution in [3.8, 4) is 0 Å². The Kier molecular flexibility index (Phi) is 5.22. The van der Waals surface area contributed by atoms with Gasteiger partial charge in [-0.1, -0.05) is 6.07 Å². The van der Waals surface area contributed by atoms with Crippen LogP contribution in [0.15, 0.2) is 24.4 Å². The molecule has 88 valence electrons. The van der Waals surface area contributed by atoms with Gasteiger partial charge in [0.05, 0.1) is 18.3 Å². The minimum atomic E-state index is -0.00582. The molecule has 2 N–H and O–H groups in total. The highest BCUT2D eigenvalue weighted by Crippen LogP contribution is 2.04. The van der Waals surface area contributed by atoms with Crippen molar-refractivity contribution in [2.45, 2.75) is 25.4 Å². The number of hydrogen-bond acceptors (Lipinski definition) is 3. The van der Waals surface area contributed by atoms with E-state index in [0.717, 1.165) is 25.1 Å². The molecule has 0 radical (unpaired) electrons. The minimum absolute atomic E-state index is 0. The third-order valence-corrected chi connectivity index (χ3v) is 2.55. The van der Waals surface area contributed by atoms with Crippen LogP contribution in [0, 0.1) is 0 Å². The fraction of sp³-hybridized carbons (Fsp3) is 0.455. The first-order valence-electron chi connectivity index (χ1n) is 5.27. The number of hydrogen-bond donors (Lipinski definition) is 2. The second-order valence-electron chi connectivity index (χ2n) is 3.69. The first kappa shape index (κ1) is 12.9. The van der Waals surface area contributed by atoms with E-state index in [9.17, 15) is 4.79 Å². The third-order valence-electron chi connectivity index (χ3n) is 2.55. The highest BCUT2D eigenvalue weighted by Gasteiger charge is 2.21. The van der Waals surface area contributed by atoms with Gasteiger partial charge in [-0.2, -0.15) is 0 Å². The molecule has 0 aliphatic carbocycles. The molecule has 1 saturated heterocycles. The highest BCUT2D eigenvalue weighted by molar-refractivity contribution is 5.85. The van der Waals surface area contributed by atoms with E-state index >= 15 is 0 Å². The van der Waals surface area contributed by atoms with E-state index in [2.05, 4.69) is 15.6 Å². The van der Waals surface area contributed by atoms with Crippen molar-refractivity contribution in [2.24, 2.45) is 0 Å². The smallest absolute Gasteiger partial charge is 0.237 e. The lowest BCUT2D eigenvalue weighted by Crippen LogP contribution is -2.40. The summed E-state index contributed by atoms with van der Waals surface area (Å²) in [5.74, 6) is 0.0816. The summed E-state index contributed by atoms with van der Waals surface area (Å²) in [5, 5.41) is 6.04. The number of carbonyl (C=O) groups excluding carboxylic acids is 1. The molecular weight excluding hydrogens is 226 g/mol. The summed E-state index contributed by atoms with van der Waals surface area (Å²) in [7, 11) is 0. The Morgan fingerprint density at radius 2 is 2.44 bits per heavy atom. The van der Waals surface area contributed by atoms with E-state index in [-0.39, 0.29) is 24.4 Å². The summed E-state index contributed by atoms with van der Waals surface area (Å²) in [5.41, 5.74) is 0.892. The number of nitrogens with one attached hydrogen (secondary N) is 2. The monoisotopic (exact) mass is 241 g/mol. The van der Waals surface area contributed by atoms with Gasteiger partial charge >= 0.3 is 0 Å². The Balaban J connectivity index is 0.00000128. The summed E-state index contributed by atoms with van der Waals surface area (Å²) < 4.78 is 0. The summed E-state index contributed by atoms with van der Waals surface area (Å²) in [4.78, 5) is 15.8. The lowest BCUT2D eigenvalue weighted by Gasteiger charge is -2.10. The molecule has 5 heteroatoms. The molecule has 2 rings (SSSR count). The fourth-order valence-electron chi connectivity index (χ4n) is 1.71. The van der Waals surface area contributed by atoms with Crippen LogP contribution in [0.5, 0.6) is 0 Å². The van der Waals surface area contributed by atoms with Crippen LogP contribution in [0.2, 0.25) is 0 Å². The Morgan fingerprint density at radius 3 is 3.06 bits per heavy atom. The van der Waals surface area contributed by atoms with Crippen LogP contribution in [0.1, 0.15) is 18.5 Å². The Morgan fingerprint density at radius 1 is 1.56 bits per heavy atom. The molecule has 1 unspecified atom stereocenters. The lowest BCUT2D eigenvalue weighted by atomic mass is 10.2. The van der Waals surface area contributed by atoms with E-state index < -0.39 is 0 Å². The predicted molar refractivity (Wildman–Crippen MR) is 64.4 cm³/mol. The zero-order valence-electron chi connectivity index (χ0n) is 8.98. The normalized spacial score (nSPS) is 18.9. The number of carbonyl (C=O) groups is 1. The van der Waals surface area contributed by atoms with Gasteiger partial charge in [-0.05, 0) is 31.5 Å². The van der Waals surface area contributed by atoms with Crippen LogP contribution >= 0.6 is 12.4 Å². The molecule has 1 fully saturated rings. The van der Waals surface area contributed by atoms with Gasteiger partial charge < -0.3 is 10.6 Å². The Labute approximate surface area is 101 Å².